The van der Waals surface area contributed by atoms with Crippen molar-refractivity contribution < 1.29 is 22.3 Å². The van der Waals surface area contributed by atoms with E-state index in [0.717, 1.165) is 29.3 Å². The second-order valence-corrected chi connectivity index (χ2v) is 8.74. The average molecular weight is 406 g/mol. The number of carbonyl (C=O) groups excluding carboxylic acids is 1. The standard InChI is InChI=1S/C20H23FN2O4S/c1-13(2)22-28(25,26)17-6-7-19(21)18(11-17)20(24)23-9-8-14-4-5-16(27-3)10-15(14)12-23/h4-7,10-11,13,22H,8-9,12H2,1-3H3. The molecule has 6 nitrogen and oxygen atoms in total. The Balaban J connectivity index is 1.89. The summed E-state index contributed by atoms with van der Waals surface area (Å²) >= 11 is 0. The molecule has 0 aromatic heterocycles. The van der Waals surface area contributed by atoms with Crippen LogP contribution in [0.2, 0.25) is 0 Å². The lowest BCUT2D eigenvalue weighted by Gasteiger charge is -2.29. The molecule has 0 fully saturated rings. The molecule has 3 rings (SSSR count). The van der Waals surface area contributed by atoms with Gasteiger partial charge in [-0.05, 0) is 61.7 Å². The van der Waals surface area contributed by atoms with Crippen molar-refractivity contribution in [1.82, 2.24) is 9.62 Å². The molecule has 1 aliphatic heterocycles. The fraction of sp³-hybridized carbons (Fsp3) is 0.350. The molecule has 28 heavy (non-hydrogen) atoms. The molecule has 0 spiro atoms. The minimum Gasteiger partial charge on any atom is -0.497 e. The van der Waals surface area contributed by atoms with Gasteiger partial charge in [-0.15, -0.1) is 0 Å². The van der Waals surface area contributed by atoms with E-state index in [2.05, 4.69) is 4.72 Å². The molecule has 1 aliphatic rings. The van der Waals surface area contributed by atoms with E-state index in [4.69, 9.17) is 4.74 Å². The molecule has 0 saturated carbocycles. The summed E-state index contributed by atoms with van der Waals surface area (Å²) in [6.45, 7) is 4.12. The second kappa shape index (κ2) is 7.89. The van der Waals surface area contributed by atoms with Crippen LogP contribution >= 0.6 is 0 Å². The first-order valence-corrected chi connectivity index (χ1v) is 10.5. The lowest BCUT2D eigenvalue weighted by atomic mass is 9.98. The highest BCUT2D eigenvalue weighted by atomic mass is 32.2. The van der Waals surface area contributed by atoms with Crippen molar-refractivity contribution in [3.8, 4) is 5.75 Å². The molecule has 150 valence electrons. The molecule has 2 aromatic rings. The van der Waals surface area contributed by atoms with Crippen LogP contribution in [-0.2, 0) is 23.0 Å². The molecule has 1 heterocycles. The molecule has 1 amide bonds. The number of sulfonamides is 1. The summed E-state index contributed by atoms with van der Waals surface area (Å²) in [5.41, 5.74) is 1.80. The maximum Gasteiger partial charge on any atom is 0.257 e. The van der Waals surface area contributed by atoms with Crippen LogP contribution in [0.1, 0.15) is 35.3 Å². The Hall–Kier alpha value is -2.45. The van der Waals surface area contributed by atoms with Crippen molar-refractivity contribution >= 4 is 15.9 Å². The van der Waals surface area contributed by atoms with Gasteiger partial charge in [-0.25, -0.2) is 17.5 Å². The van der Waals surface area contributed by atoms with E-state index in [1.165, 1.54) is 4.90 Å². The van der Waals surface area contributed by atoms with Crippen molar-refractivity contribution in [3.05, 3.63) is 58.9 Å². The van der Waals surface area contributed by atoms with Gasteiger partial charge in [0.15, 0.2) is 0 Å². The number of benzene rings is 2. The quantitative estimate of drug-likeness (QED) is 0.829. The molecule has 0 atom stereocenters. The van der Waals surface area contributed by atoms with E-state index in [0.29, 0.717) is 25.3 Å². The Bertz CT molecular complexity index is 1010. The summed E-state index contributed by atoms with van der Waals surface area (Å²) in [7, 11) is -2.26. The number of rotatable bonds is 5. The highest BCUT2D eigenvalue weighted by Gasteiger charge is 2.26. The summed E-state index contributed by atoms with van der Waals surface area (Å²) < 4.78 is 46.8. The van der Waals surface area contributed by atoms with E-state index in [9.17, 15) is 17.6 Å². The Morgan fingerprint density at radius 1 is 1.18 bits per heavy atom. The van der Waals surface area contributed by atoms with Crippen LogP contribution in [0.4, 0.5) is 4.39 Å². The third-order valence-electron chi connectivity index (χ3n) is 4.58. The van der Waals surface area contributed by atoms with Crippen LogP contribution in [0.5, 0.6) is 5.75 Å². The molecule has 0 bridgehead atoms. The number of methoxy groups -OCH3 is 1. The first kappa shape index (κ1) is 20.3. The number of nitrogens with one attached hydrogen (secondary N) is 1. The first-order valence-electron chi connectivity index (χ1n) is 8.98. The SMILES string of the molecule is COc1ccc2c(c1)CN(C(=O)c1cc(S(=O)(=O)NC(C)C)ccc1F)CC2. The molecule has 0 unspecified atom stereocenters. The lowest BCUT2D eigenvalue weighted by Crippen LogP contribution is -2.36. The molecular weight excluding hydrogens is 383 g/mol. The number of hydrogen-bond acceptors (Lipinski definition) is 4. The van der Waals surface area contributed by atoms with Crippen LogP contribution in [0.3, 0.4) is 0 Å². The molecular formula is C20H23FN2O4S. The fourth-order valence-electron chi connectivity index (χ4n) is 3.22. The van der Waals surface area contributed by atoms with E-state index in [-0.39, 0.29) is 16.5 Å². The molecule has 1 N–H and O–H groups in total. The largest absolute Gasteiger partial charge is 0.497 e. The van der Waals surface area contributed by atoms with Gasteiger partial charge in [-0.1, -0.05) is 6.07 Å². The molecule has 0 radical (unpaired) electrons. The maximum absolute atomic E-state index is 14.4. The van der Waals surface area contributed by atoms with Gasteiger partial charge < -0.3 is 9.64 Å². The van der Waals surface area contributed by atoms with Crippen molar-refractivity contribution in [1.29, 1.82) is 0 Å². The van der Waals surface area contributed by atoms with E-state index in [1.807, 2.05) is 18.2 Å². The predicted octanol–water partition coefficient (Wildman–Crippen LogP) is 2.72. The molecule has 0 aliphatic carbocycles. The number of hydrogen-bond donors (Lipinski definition) is 1. The number of nitrogens with zero attached hydrogens (tertiary/aromatic N) is 1. The minimum atomic E-state index is -3.82. The van der Waals surface area contributed by atoms with Crippen molar-refractivity contribution in [3.63, 3.8) is 0 Å². The zero-order valence-corrected chi connectivity index (χ0v) is 16.8. The summed E-state index contributed by atoms with van der Waals surface area (Å²) in [5, 5.41) is 0. The molecule has 0 saturated heterocycles. The van der Waals surface area contributed by atoms with Crippen LogP contribution in [0.25, 0.3) is 0 Å². The van der Waals surface area contributed by atoms with Crippen molar-refractivity contribution in [2.45, 2.75) is 37.8 Å². The van der Waals surface area contributed by atoms with Crippen LogP contribution in [-0.4, -0.2) is 38.9 Å². The zero-order chi connectivity index (χ0) is 20.5. The number of amides is 1. The third kappa shape index (κ3) is 4.18. The summed E-state index contributed by atoms with van der Waals surface area (Å²) in [5.74, 6) is -0.593. The maximum atomic E-state index is 14.4. The molecule has 8 heteroatoms. The van der Waals surface area contributed by atoms with Gasteiger partial charge >= 0.3 is 0 Å². The number of ether oxygens (including phenoxy) is 1. The Labute approximate surface area is 164 Å². The second-order valence-electron chi connectivity index (χ2n) is 7.03. The van der Waals surface area contributed by atoms with Gasteiger partial charge in [-0.2, -0.15) is 0 Å². The Morgan fingerprint density at radius 3 is 2.61 bits per heavy atom. The van der Waals surface area contributed by atoms with Gasteiger partial charge in [0.1, 0.15) is 11.6 Å². The Kier molecular flexibility index (Phi) is 5.71. The minimum absolute atomic E-state index is 0.134. The highest BCUT2D eigenvalue weighted by molar-refractivity contribution is 7.89. The average Bonchev–Trinajstić information content (AvgIpc) is 2.65. The summed E-state index contributed by atoms with van der Waals surface area (Å²) in [6.07, 6.45) is 0.638. The topological polar surface area (TPSA) is 75.7 Å². The van der Waals surface area contributed by atoms with E-state index >= 15 is 0 Å². The lowest BCUT2D eigenvalue weighted by molar-refractivity contribution is 0.0729. The predicted molar refractivity (Wildman–Crippen MR) is 103 cm³/mol. The normalized spacial score (nSPS) is 14.1. The van der Waals surface area contributed by atoms with Crippen molar-refractivity contribution in [2.75, 3.05) is 13.7 Å². The van der Waals surface area contributed by atoms with Gasteiger partial charge in [0.05, 0.1) is 17.6 Å². The third-order valence-corrected chi connectivity index (χ3v) is 6.24. The highest BCUT2D eigenvalue weighted by Crippen LogP contribution is 2.26. The number of carbonyl (C=O) groups is 1. The number of fused-ring (bicyclic) bond motifs is 1. The summed E-state index contributed by atoms with van der Waals surface area (Å²) in [4.78, 5) is 14.3. The van der Waals surface area contributed by atoms with Crippen LogP contribution in [0, 0.1) is 5.82 Å². The first-order chi connectivity index (χ1) is 13.2. The smallest absolute Gasteiger partial charge is 0.257 e. The fourth-order valence-corrected chi connectivity index (χ4v) is 4.49. The monoisotopic (exact) mass is 406 g/mol. The molecule has 2 aromatic carbocycles. The van der Waals surface area contributed by atoms with E-state index < -0.39 is 21.7 Å². The van der Waals surface area contributed by atoms with Crippen molar-refractivity contribution in [2.24, 2.45) is 0 Å². The van der Waals surface area contributed by atoms with E-state index in [1.54, 1.807) is 21.0 Å². The summed E-state index contributed by atoms with van der Waals surface area (Å²) in [6, 6.07) is 8.65. The number of halogens is 1. The zero-order valence-electron chi connectivity index (χ0n) is 16.0. The Morgan fingerprint density at radius 2 is 1.93 bits per heavy atom. The van der Waals surface area contributed by atoms with Crippen LogP contribution in [0.15, 0.2) is 41.3 Å². The van der Waals surface area contributed by atoms with Gasteiger partial charge in [0.25, 0.3) is 5.91 Å². The van der Waals surface area contributed by atoms with Gasteiger partial charge in [-0.3, -0.25) is 4.79 Å². The van der Waals surface area contributed by atoms with Gasteiger partial charge in [0, 0.05) is 19.1 Å². The van der Waals surface area contributed by atoms with Gasteiger partial charge in [0.2, 0.25) is 10.0 Å². The van der Waals surface area contributed by atoms with Crippen LogP contribution < -0.4 is 9.46 Å².